The molecule has 1 aliphatic heterocycles. The van der Waals surface area contributed by atoms with Crippen LogP contribution in [0, 0.1) is 0 Å². The van der Waals surface area contributed by atoms with Crippen molar-refractivity contribution in [2.75, 3.05) is 54.2 Å². The van der Waals surface area contributed by atoms with Gasteiger partial charge in [0, 0.05) is 19.6 Å². The zero-order valence-electron chi connectivity index (χ0n) is 17.8. The van der Waals surface area contributed by atoms with Crippen molar-refractivity contribution >= 4 is 5.91 Å². The van der Waals surface area contributed by atoms with Crippen LogP contribution < -0.4 is 19.5 Å². The van der Waals surface area contributed by atoms with E-state index in [4.69, 9.17) is 18.9 Å². The molecule has 30 heavy (non-hydrogen) atoms. The molecule has 2 aromatic rings. The Labute approximate surface area is 177 Å². The molecule has 7 nitrogen and oxygen atoms in total. The summed E-state index contributed by atoms with van der Waals surface area (Å²) < 4.78 is 21.5. The number of ether oxygens (including phenoxy) is 4. The third-order valence-corrected chi connectivity index (χ3v) is 5.30. The van der Waals surface area contributed by atoms with E-state index in [2.05, 4.69) is 10.2 Å². The summed E-state index contributed by atoms with van der Waals surface area (Å²) in [7, 11) is 4.88. The van der Waals surface area contributed by atoms with E-state index in [1.54, 1.807) is 21.3 Å². The van der Waals surface area contributed by atoms with Gasteiger partial charge in [0.2, 0.25) is 5.91 Å². The summed E-state index contributed by atoms with van der Waals surface area (Å²) in [6, 6.07) is 13.5. The lowest BCUT2D eigenvalue weighted by molar-refractivity contribution is -0.120. The maximum absolute atomic E-state index is 12.6. The summed E-state index contributed by atoms with van der Waals surface area (Å²) in [6.07, 6.45) is 0.325. The van der Waals surface area contributed by atoms with E-state index in [0.29, 0.717) is 37.7 Å². The van der Waals surface area contributed by atoms with Gasteiger partial charge in [-0.25, -0.2) is 0 Å². The Balaban J connectivity index is 1.70. The van der Waals surface area contributed by atoms with Crippen molar-refractivity contribution in [3.05, 3.63) is 53.6 Å². The van der Waals surface area contributed by atoms with Gasteiger partial charge in [-0.1, -0.05) is 18.2 Å². The second-order valence-corrected chi connectivity index (χ2v) is 7.11. The topological polar surface area (TPSA) is 69.3 Å². The fraction of sp³-hybridized carbons (Fsp3) is 0.435. The lowest BCUT2D eigenvalue weighted by atomic mass is 10.0. The third-order valence-electron chi connectivity index (χ3n) is 5.30. The molecule has 0 aliphatic carbocycles. The smallest absolute Gasteiger partial charge is 0.224 e. The van der Waals surface area contributed by atoms with Crippen LogP contribution in [0.3, 0.4) is 0 Å². The van der Waals surface area contributed by atoms with Crippen molar-refractivity contribution in [1.29, 1.82) is 0 Å². The molecule has 0 saturated carbocycles. The second kappa shape index (κ2) is 10.8. The number of hydrogen-bond donors (Lipinski definition) is 1. The van der Waals surface area contributed by atoms with E-state index in [0.717, 1.165) is 30.0 Å². The molecule has 1 N–H and O–H groups in total. The highest BCUT2D eigenvalue weighted by molar-refractivity contribution is 5.78. The monoisotopic (exact) mass is 414 g/mol. The molecule has 1 aliphatic rings. The summed E-state index contributed by atoms with van der Waals surface area (Å²) >= 11 is 0. The molecule has 0 bridgehead atoms. The predicted molar refractivity (Wildman–Crippen MR) is 114 cm³/mol. The fourth-order valence-corrected chi connectivity index (χ4v) is 3.61. The Bertz CT molecular complexity index is 819. The number of hydrogen-bond acceptors (Lipinski definition) is 6. The fourth-order valence-electron chi connectivity index (χ4n) is 3.61. The number of carbonyl (C=O) groups excluding carboxylic acids is 1. The first-order chi connectivity index (χ1) is 14.6. The van der Waals surface area contributed by atoms with Crippen molar-refractivity contribution in [3.63, 3.8) is 0 Å². The Morgan fingerprint density at radius 3 is 2.33 bits per heavy atom. The number of nitrogens with one attached hydrogen (secondary N) is 1. The predicted octanol–water partition coefficient (Wildman–Crippen LogP) is 2.44. The van der Waals surface area contributed by atoms with Crippen molar-refractivity contribution in [2.45, 2.75) is 12.5 Å². The average Bonchev–Trinajstić information content (AvgIpc) is 2.80. The van der Waals surface area contributed by atoms with Gasteiger partial charge in [-0.3, -0.25) is 9.69 Å². The highest BCUT2D eigenvalue weighted by Crippen LogP contribution is 2.32. The minimum atomic E-state index is -0.0149. The maximum atomic E-state index is 12.6. The first kappa shape index (κ1) is 21.9. The minimum Gasteiger partial charge on any atom is -0.497 e. The molecular weight excluding hydrogens is 384 g/mol. The van der Waals surface area contributed by atoms with Crippen LogP contribution in [0.5, 0.6) is 17.2 Å². The van der Waals surface area contributed by atoms with Crippen LogP contribution in [-0.4, -0.2) is 65.0 Å². The standard InChI is InChI=1S/C23H30N2O5/c1-27-19-7-4-17(5-8-19)14-23(26)24-16-20(25-10-12-30-13-11-25)18-6-9-21(28-2)22(15-18)29-3/h4-9,15,20H,10-14,16H2,1-3H3,(H,24,26). The van der Waals surface area contributed by atoms with Gasteiger partial charge in [-0.2, -0.15) is 0 Å². The van der Waals surface area contributed by atoms with Gasteiger partial charge < -0.3 is 24.3 Å². The number of rotatable bonds is 9. The Morgan fingerprint density at radius 1 is 1.00 bits per heavy atom. The van der Waals surface area contributed by atoms with Crippen molar-refractivity contribution < 1.29 is 23.7 Å². The summed E-state index contributed by atoms with van der Waals surface area (Å²) in [4.78, 5) is 14.9. The summed E-state index contributed by atoms with van der Waals surface area (Å²) in [6.45, 7) is 3.50. The lowest BCUT2D eigenvalue weighted by Crippen LogP contribution is -2.44. The van der Waals surface area contributed by atoms with Crippen LogP contribution in [0.2, 0.25) is 0 Å². The van der Waals surface area contributed by atoms with Crippen LogP contribution in [0.25, 0.3) is 0 Å². The normalized spacial score (nSPS) is 15.3. The number of benzene rings is 2. The Hall–Kier alpha value is -2.77. The summed E-state index contributed by atoms with van der Waals surface area (Å²) in [5.41, 5.74) is 2.02. The van der Waals surface area contributed by atoms with Gasteiger partial charge >= 0.3 is 0 Å². The molecule has 7 heteroatoms. The number of morpholine rings is 1. The SMILES string of the molecule is COc1ccc(CC(=O)NCC(c2ccc(OC)c(OC)c2)N2CCOCC2)cc1. The quantitative estimate of drug-likeness (QED) is 0.680. The van der Waals surface area contributed by atoms with Crippen molar-refractivity contribution in [3.8, 4) is 17.2 Å². The zero-order valence-corrected chi connectivity index (χ0v) is 17.8. The largest absolute Gasteiger partial charge is 0.497 e. The molecule has 162 valence electrons. The van der Waals surface area contributed by atoms with Crippen LogP contribution in [-0.2, 0) is 16.0 Å². The number of methoxy groups -OCH3 is 3. The van der Waals surface area contributed by atoms with Crippen LogP contribution in [0.15, 0.2) is 42.5 Å². The van der Waals surface area contributed by atoms with Gasteiger partial charge in [-0.05, 0) is 35.4 Å². The minimum absolute atomic E-state index is 0.0149. The van der Waals surface area contributed by atoms with Crippen LogP contribution in [0.1, 0.15) is 17.2 Å². The third kappa shape index (κ3) is 5.64. The van der Waals surface area contributed by atoms with Crippen molar-refractivity contribution in [2.24, 2.45) is 0 Å². The molecule has 1 amide bonds. The number of nitrogens with zero attached hydrogens (tertiary/aromatic N) is 1. The first-order valence-electron chi connectivity index (χ1n) is 10.1. The first-order valence-corrected chi connectivity index (χ1v) is 10.1. The summed E-state index contributed by atoms with van der Waals surface area (Å²) in [5, 5.41) is 3.10. The molecule has 0 radical (unpaired) electrons. The van der Waals surface area contributed by atoms with E-state index in [-0.39, 0.29) is 11.9 Å². The van der Waals surface area contributed by atoms with Gasteiger partial charge in [0.15, 0.2) is 11.5 Å². The van der Waals surface area contributed by atoms with Gasteiger partial charge in [0.05, 0.1) is 47.0 Å². The molecule has 1 unspecified atom stereocenters. The average molecular weight is 415 g/mol. The highest BCUT2D eigenvalue weighted by atomic mass is 16.5. The van der Waals surface area contributed by atoms with E-state index >= 15 is 0 Å². The molecule has 3 rings (SSSR count). The highest BCUT2D eigenvalue weighted by Gasteiger charge is 2.24. The molecule has 1 fully saturated rings. The van der Waals surface area contributed by atoms with E-state index in [1.165, 1.54) is 0 Å². The molecule has 1 atom stereocenters. The molecule has 0 spiro atoms. The lowest BCUT2D eigenvalue weighted by Gasteiger charge is -2.35. The second-order valence-electron chi connectivity index (χ2n) is 7.11. The number of amides is 1. The van der Waals surface area contributed by atoms with Crippen LogP contribution >= 0.6 is 0 Å². The molecule has 2 aromatic carbocycles. The van der Waals surface area contributed by atoms with E-state index in [1.807, 2.05) is 42.5 Å². The van der Waals surface area contributed by atoms with Gasteiger partial charge in [0.25, 0.3) is 0 Å². The van der Waals surface area contributed by atoms with E-state index in [9.17, 15) is 4.79 Å². The van der Waals surface area contributed by atoms with Gasteiger partial charge in [-0.15, -0.1) is 0 Å². The maximum Gasteiger partial charge on any atom is 0.224 e. The van der Waals surface area contributed by atoms with Gasteiger partial charge in [0.1, 0.15) is 5.75 Å². The van der Waals surface area contributed by atoms with Crippen molar-refractivity contribution in [1.82, 2.24) is 10.2 Å². The van der Waals surface area contributed by atoms with E-state index < -0.39 is 0 Å². The summed E-state index contributed by atoms with van der Waals surface area (Å²) in [5.74, 6) is 2.13. The Morgan fingerprint density at radius 2 is 1.70 bits per heavy atom. The number of carbonyl (C=O) groups is 1. The molecule has 1 heterocycles. The molecular formula is C23H30N2O5. The molecule has 0 aromatic heterocycles. The Kier molecular flexibility index (Phi) is 7.93. The van der Waals surface area contributed by atoms with Crippen LogP contribution in [0.4, 0.5) is 0 Å². The molecule has 1 saturated heterocycles. The zero-order chi connectivity index (χ0) is 21.3.